The molecule has 0 aliphatic carbocycles. The molecule has 6 nitrogen and oxygen atoms in total. The molecule has 3 rings (SSSR count). The number of nitrogens with zero attached hydrogens (tertiary/aromatic N) is 4. The molecule has 0 saturated heterocycles. The number of hydrogen-bond acceptors (Lipinski definition) is 6. The molecule has 0 bridgehead atoms. The molecule has 0 amide bonds. The Morgan fingerprint density at radius 1 is 1.19 bits per heavy atom. The van der Waals surface area contributed by atoms with Crippen molar-refractivity contribution in [1.29, 1.82) is 0 Å². The van der Waals surface area contributed by atoms with Crippen LogP contribution in [0.5, 0.6) is 11.6 Å². The number of pyridine rings is 1. The molecular formula is C19H20N4O2S. The number of ether oxygens (including phenoxy) is 1. The molecule has 0 spiro atoms. The second-order valence-corrected chi connectivity index (χ2v) is 6.65. The molecule has 0 aliphatic heterocycles. The zero-order valence-electron chi connectivity index (χ0n) is 15.1. The van der Waals surface area contributed by atoms with Crippen LogP contribution in [0.3, 0.4) is 0 Å². The van der Waals surface area contributed by atoms with Crippen LogP contribution in [0.25, 0.3) is 0 Å². The van der Waals surface area contributed by atoms with E-state index in [1.54, 1.807) is 28.7 Å². The topological polar surface area (TPSA) is 72.5 Å². The fourth-order valence-corrected chi connectivity index (χ4v) is 3.23. The Morgan fingerprint density at radius 3 is 2.62 bits per heavy atom. The van der Waals surface area contributed by atoms with Crippen molar-refractivity contribution in [2.75, 3.05) is 6.26 Å². The van der Waals surface area contributed by atoms with Gasteiger partial charge in [0.25, 0.3) is 0 Å². The molecular weight excluding hydrogens is 348 g/mol. The summed E-state index contributed by atoms with van der Waals surface area (Å²) >= 11 is 1.69. The van der Waals surface area contributed by atoms with Gasteiger partial charge in [-0.05, 0) is 62.9 Å². The quantitative estimate of drug-likeness (QED) is 0.243. The van der Waals surface area contributed by atoms with Crippen LogP contribution in [0.1, 0.15) is 22.6 Å². The minimum Gasteiger partial charge on any atom is -0.438 e. The van der Waals surface area contributed by atoms with Crippen LogP contribution in [-0.4, -0.2) is 31.8 Å². The highest BCUT2D eigenvalue weighted by atomic mass is 32.2. The number of thioether (sulfide) groups is 1. The Balaban J connectivity index is 2.04. The van der Waals surface area contributed by atoms with Gasteiger partial charge in [0.2, 0.25) is 5.88 Å². The van der Waals surface area contributed by atoms with Crippen molar-refractivity contribution in [3.63, 3.8) is 0 Å². The molecule has 1 aromatic carbocycles. The van der Waals surface area contributed by atoms with E-state index in [0.29, 0.717) is 28.9 Å². The van der Waals surface area contributed by atoms with E-state index in [-0.39, 0.29) is 0 Å². The molecule has 26 heavy (non-hydrogen) atoms. The van der Waals surface area contributed by atoms with Gasteiger partial charge in [0.05, 0.1) is 5.56 Å². The van der Waals surface area contributed by atoms with Gasteiger partial charge in [-0.3, -0.25) is 4.57 Å². The van der Waals surface area contributed by atoms with Crippen molar-refractivity contribution < 1.29 is 9.94 Å². The number of aromatic nitrogens is 3. The Kier molecular flexibility index (Phi) is 5.27. The molecule has 0 unspecified atom stereocenters. The molecule has 2 aromatic heterocycles. The van der Waals surface area contributed by atoms with Crippen LogP contribution < -0.4 is 4.74 Å². The lowest BCUT2D eigenvalue weighted by atomic mass is 10.2. The summed E-state index contributed by atoms with van der Waals surface area (Å²) in [4.78, 5) is 9.87. The third kappa shape index (κ3) is 3.57. The van der Waals surface area contributed by atoms with Crippen LogP contribution in [0.4, 0.5) is 0 Å². The highest BCUT2D eigenvalue weighted by Crippen LogP contribution is 2.29. The molecule has 0 atom stereocenters. The number of oxime groups is 1. The zero-order valence-corrected chi connectivity index (χ0v) is 15.9. The maximum Gasteiger partial charge on any atom is 0.230 e. The van der Waals surface area contributed by atoms with Crippen molar-refractivity contribution in [1.82, 2.24) is 14.5 Å². The van der Waals surface area contributed by atoms with Gasteiger partial charge in [-0.2, -0.15) is 0 Å². The first-order chi connectivity index (χ1) is 12.5. The van der Waals surface area contributed by atoms with Crippen molar-refractivity contribution in [2.24, 2.45) is 5.16 Å². The normalized spacial score (nSPS) is 11.6. The highest BCUT2D eigenvalue weighted by Gasteiger charge is 2.17. The Bertz CT molecular complexity index is 966. The van der Waals surface area contributed by atoms with E-state index in [2.05, 4.69) is 15.1 Å². The monoisotopic (exact) mass is 368 g/mol. The first kappa shape index (κ1) is 18.0. The van der Waals surface area contributed by atoms with Gasteiger partial charge < -0.3 is 9.94 Å². The summed E-state index contributed by atoms with van der Waals surface area (Å²) in [6, 6.07) is 9.57. The predicted octanol–water partition coefficient (Wildman–Crippen LogP) is 4.40. The first-order valence-electron chi connectivity index (χ1n) is 8.06. The molecule has 2 heterocycles. The summed E-state index contributed by atoms with van der Waals surface area (Å²) in [5, 5.41) is 13.1. The lowest BCUT2D eigenvalue weighted by molar-refractivity contribution is 0.316. The van der Waals surface area contributed by atoms with Crippen molar-refractivity contribution in [3.8, 4) is 11.6 Å². The molecule has 7 heteroatoms. The van der Waals surface area contributed by atoms with Gasteiger partial charge in [-0.15, -0.1) is 11.8 Å². The van der Waals surface area contributed by atoms with Gasteiger partial charge in [0.15, 0.2) is 5.84 Å². The van der Waals surface area contributed by atoms with Crippen LogP contribution in [0.15, 0.2) is 52.8 Å². The Morgan fingerprint density at radius 2 is 2.00 bits per heavy atom. The van der Waals surface area contributed by atoms with Crippen LogP contribution in [0.2, 0.25) is 0 Å². The van der Waals surface area contributed by atoms with Crippen molar-refractivity contribution >= 4 is 17.6 Å². The van der Waals surface area contributed by atoms with Crippen molar-refractivity contribution in [3.05, 3.63) is 65.4 Å². The summed E-state index contributed by atoms with van der Waals surface area (Å²) in [6.45, 7) is 5.76. The average Bonchev–Trinajstić information content (AvgIpc) is 3.03. The summed E-state index contributed by atoms with van der Waals surface area (Å²) in [7, 11) is 0. The molecule has 1 N–H and O–H groups in total. The Labute approximate surface area is 156 Å². The maximum absolute atomic E-state index is 9.60. The Hall–Kier alpha value is -2.80. The lowest BCUT2D eigenvalue weighted by Gasteiger charge is -2.14. The van der Waals surface area contributed by atoms with E-state index in [9.17, 15) is 5.21 Å². The van der Waals surface area contributed by atoms with E-state index in [1.165, 1.54) is 4.90 Å². The second-order valence-electron chi connectivity index (χ2n) is 5.81. The SMILES string of the molecule is CSc1ccc(Oc2nc(C)ccc2/C(=N/O)n2ccnc2C)cc1C. The molecule has 134 valence electrons. The van der Waals surface area contributed by atoms with Gasteiger partial charge in [-0.1, -0.05) is 5.16 Å². The van der Waals surface area contributed by atoms with Crippen LogP contribution >= 0.6 is 11.8 Å². The summed E-state index contributed by atoms with van der Waals surface area (Å²) in [5.74, 6) is 2.06. The molecule has 0 radical (unpaired) electrons. The average molecular weight is 368 g/mol. The number of rotatable bonds is 4. The number of benzene rings is 1. The van der Waals surface area contributed by atoms with Crippen LogP contribution in [-0.2, 0) is 0 Å². The van der Waals surface area contributed by atoms with Gasteiger partial charge in [0.1, 0.15) is 11.6 Å². The fourth-order valence-electron chi connectivity index (χ4n) is 2.64. The number of hydrogen-bond donors (Lipinski definition) is 1. The molecule has 0 fully saturated rings. The van der Waals surface area contributed by atoms with E-state index in [4.69, 9.17) is 4.74 Å². The third-order valence-corrected chi connectivity index (χ3v) is 4.87. The van der Waals surface area contributed by atoms with Crippen LogP contribution in [0, 0.1) is 20.8 Å². The first-order valence-corrected chi connectivity index (χ1v) is 9.29. The summed E-state index contributed by atoms with van der Waals surface area (Å²) < 4.78 is 7.73. The standard InChI is InChI=1S/C19H20N4O2S/c1-12-11-15(6-8-17(12)26-4)25-19-16(7-5-13(2)21-19)18(22-24)23-10-9-20-14(23)3/h5-11,24H,1-4H3/b22-18-. The van der Waals surface area contributed by atoms with E-state index in [0.717, 1.165) is 11.3 Å². The minimum atomic E-state index is 0.306. The van der Waals surface area contributed by atoms with E-state index < -0.39 is 0 Å². The molecule has 3 aromatic rings. The largest absolute Gasteiger partial charge is 0.438 e. The predicted molar refractivity (Wildman–Crippen MR) is 103 cm³/mol. The van der Waals surface area contributed by atoms with E-state index >= 15 is 0 Å². The molecule has 0 saturated carbocycles. The second kappa shape index (κ2) is 7.61. The summed E-state index contributed by atoms with van der Waals surface area (Å²) in [6.07, 6.45) is 5.42. The third-order valence-electron chi connectivity index (χ3n) is 3.97. The number of imidazole rings is 1. The highest BCUT2D eigenvalue weighted by molar-refractivity contribution is 7.98. The van der Waals surface area contributed by atoms with E-state index in [1.807, 2.05) is 57.4 Å². The van der Waals surface area contributed by atoms with Gasteiger partial charge >= 0.3 is 0 Å². The maximum atomic E-state index is 9.60. The fraction of sp³-hybridized carbons (Fsp3) is 0.211. The zero-order chi connectivity index (χ0) is 18.7. The summed E-state index contributed by atoms with van der Waals surface area (Å²) in [5.41, 5.74) is 2.51. The number of aryl methyl sites for hydroxylation is 3. The lowest BCUT2D eigenvalue weighted by Crippen LogP contribution is -2.16. The van der Waals surface area contributed by atoms with Crippen molar-refractivity contribution in [2.45, 2.75) is 25.7 Å². The minimum absolute atomic E-state index is 0.306. The van der Waals surface area contributed by atoms with Gasteiger partial charge in [0, 0.05) is 23.0 Å². The smallest absolute Gasteiger partial charge is 0.230 e. The van der Waals surface area contributed by atoms with Gasteiger partial charge in [-0.25, -0.2) is 9.97 Å². The molecule has 0 aliphatic rings.